The molecule has 0 aliphatic rings. The minimum absolute atomic E-state index is 0.125. The van der Waals surface area contributed by atoms with E-state index in [2.05, 4.69) is 10.4 Å². The van der Waals surface area contributed by atoms with Crippen molar-refractivity contribution >= 4 is 17.5 Å². The second kappa shape index (κ2) is 8.17. The van der Waals surface area contributed by atoms with Gasteiger partial charge in [0.15, 0.2) is 0 Å². The van der Waals surface area contributed by atoms with E-state index in [9.17, 15) is 9.90 Å². The van der Waals surface area contributed by atoms with Gasteiger partial charge in [0.25, 0.3) is 5.91 Å². The lowest BCUT2D eigenvalue weighted by molar-refractivity contribution is 0.0923. The van der Waals surface area contributed by atoms with Crippen LogP contribution in [0.25, 0.3) is 11.3 Å². The molecule has 2 N–H and O–H groups in total. The lowest BCUT2D eigenvalue weighted by Gasteiger charge is -2.10. The van der Waals surface area contributed by atoms with E-state index in [1.54, 1.807) is 29.9 Å². The number of nitrogens with zero attached hydrogens (tertiary/aromatic N) is 2. The molecule has 1 unspecified atom stereocenters. The Balaban J connectivity index is 1.96. The van der Waals surface area contributed by atoms with Gasteiger partial charge in [0, 0.05) is 22.8 Å². The average Bonchev–Trinajstić information content (AvgIpc) is 3.07. The maximum absolute atomic E-state index is 12.6. The molecule has 0 saturated heterocycles. The van der Waals surface area contributed by atoms with Crippen molar-refractivity contribution in [2.75, 3.05) is 6.61 Å². The molecule has 1 amide bonds. The molecule has 3 aromatic rings. The lowest BCUT2D eigenvalue weighted by Crippen LogP contribution is -2.35. The zero-order chi connectivity index (χ0) is 18.5. The molecular weight excluding hydrogens is 350 g/mol. The maximum Gasteiger partial charge on any atom is 0.255 e. The summed E-state index contributed by atoms with van der Waals surface area (Å²) in [5, 5.41) is 17.2. The molecule has 0 aliphatic carbocycles. The van der Waals surface area contributed by atoms with Crippen LogP contribution in [0.1, 0.15) is 22.8 Å². The summed E-state index contributed by atoms with van der Waals surface area (Å²) < 4.78 is 1.75. The van der Waals surface area contributed by atoms with Gasteiger partial charge in [0.1, 0.15) is 5.69 Å². The number of hydrogen-bond donors (Lipinski definition) is 2. The van der Waals surface area contributed by atoms with E-state index >= 15 is 0 Å². The topological polar surface area (TPSA) is 67.2 Å². The third-order valence-corrected chi connectivity index (χ3v) is 4.21. The van der Waals surface area contributed by atoms with Crippen molar-refractivity contribution in [2.24, 2.45) is 0 Å². The van der Waals surface area contributed by atoms with Gasteiger partial charge in [-0.2, -0.15) is 5.10 Å². The first kappa shape index (κ1) is 18.2. The van der Waals surface area contributed by atoms with Gasteiger partial charge >= 0.3 is 0 Å². The van der Waals surface area contributed by atoms with Crippen molar-refractivity contribution in [3.63, 3.8) is 0 Å². The molecule has 0 bridgehead atoms. The van der Waals surface area contributed by atoms with Crippen LogP contribution in [-0.2, 0) is 6.54 Å². The number of amides is 1. The van der Waals surface area contributed by atoms with Crippen molar-refractivity contribution in [2.45, 2.75) is 19.5 Å². The highest BCUT2D eigenvalue weighted by Crippen LogP contribution is 2.24. The fourth-order valence-electron chi connectivity index (χ4n) is 2.61. The van der Waals surface area contributed by atoms with Crippen LogP contribution in [0.5, 0.6) is 0 Å². The van der Waals surface area contributed by atoms with E-state index < -0.39 is 0 Å². The Morgan fingerprint density at radius 1 is 1.19 bits per heavy atom. The van der Waals surface area contributed by atoms with Crippen LogP contribution in [-0.4, -0.2) is 33.4 Å². The molecule has 1 heterocycles. The molecular formula is C20H20ClN3O2. The largest absolute Gasteiger partial charge is 0.394 e. The second-order valence-electron chi connectivity index (χ2n) is 6.14. The van der Waals surface area contributed by atoms with Gasteiger partial charge in [0.05, 0.1) is 18.7 Å². The molecule has 2 aromatic carbocycles. The Hall–Kier alpha value is -2.63. The summed E-state index contributed by atoms with van der Waals surface area (Å²) >= 11 is 5.97. The predicted octanol–water partition coefficient (Wildman–Crippen LogP) is 3.36. The normalized spacial score (nSPS) is 12.0. The van der Waals surface area contributed by atoms with Crippen LogP contribution in [0.15, 0.2) is 60.8 Å². The number of aliphatic hydroxyl groups excluding tert-OH is 1. The Kier molecular flexibility index (Phi) is 5.71. The van der Waals surface area contributed by atoms with Gasteiger partial charge in [-0.15, -0.1) is 0 Å². The molecule has 0 aliphatic heterocycles. The highest BCUT2D eigenvalue weighted by molar-refractivity contribution is 6.30. The molecule has 5 nitrogen and oxygen atoms in total. The molecule has 134 valence electrons. The van der Waals surface area contributed by atoms with Crippen LogP contribution >= 0.6 is 11.6 Å². The van der Waals surface area contributed by atoms with Crippen LogP contribution in [0, 0.1) is 0 Å². The molecule has 26 heavy (non-hydrogen) atoms. The summed E-state index contributed by atoms with van der Waals surface area (Å²) in [5.41, 5.74) is 2.94. The van der Waals surface area contributed by atoms with Gasteiger partial charge < -0.3 is 10.4 Å². The zero-order valence-electron chi connectivity index (χ0n) is 14.4. The van der Waals surface area contributed by atoms with Gasteiger partial charge in [-0.05, 0) is 24.6 Å². The molecule has 0 radical (unpaired) electrons. The SMILES string of the molecule is CC(CO)NC(=O)c1cn(Cc2ccccc2)nc1-c1ccc(Cl)cc1. The van der Waals surface area contributed by atoms with Crippen molar-refractivity contribution in [3.05, 3.63) is 76.9 Å². The maximum atomic E-state index is 12.6. The Morgan fingerprint density at radius 3 is 2.54 bits per heavy atom. The molecule has 0 spiro atoms. The molecule has 3 rings (SSSR count). The van der Waals surface area contributed by atoms with E-state index in [0.29, 0.717) is 22.8 Å². The summed E-state index contributed by atoms with van der Waals surface area (Å²) in [6.45, 7) is 2.18. The van der Waals surface area contributed by atoms with Crippen LogP contribution < -0.4 is 5.32 Å². The fourth-order valence-corrected chi connectivity index (χ4v) is 2.73. The second-order valence-corrected chi connectivity index (χ2v) is 6.57. The van der Waals surface area contributed by atoms with Crippen LogP contribution in [0.2, 0.25) is 5.02 Å². The summed E-state index contributed by atoms with van der Waals surface area (Å²) in [4.78, 5) is 12.6. The Morgan fingerprint density at radius 2 is 1.88 bits per heavy atom. The number of carbonyl (C=O) groups is 1. The van der Waals surface area contributed by atoms with Gasteiger partial charge in [-0.3, -0.25) is 9.48 Å². The first-order valence-corrected chi connectivity index (χ1v) is 8.73. The highest BCUT2D eigenvalue weighted by atomic mass is 35.5. The van der Waals surface area contributed by atoms with Gasteiger partial charge in [-0.25, -0.2) is 0 Å². The zero-order valence-corrected chi connectivity index (χ0v) is 15.1. The van der Waals surface area contributed by atoms with E-state index in [1.807, 2.05) is 42.5 Å². The van der Waals surface area contributed by atoms with Gasteiger partial charge in [0.2, 0.25) is 0 Å². The van der Waals surface area contributed by atoms with Crippen molar-refractivity contribution < 1.29 is 9.90 Å². The Bertz CT molecular complexity index is 876. The number of aromatic nitrogens is 2. The van der Waals surface area contributed by atoms with Crippen molar-refractivity contribution in [1.29, 1.82) is 0 Å². The first-order chi connectivity index (χ1) is 12.6. The standard InChI is InChI=1S/C20H20ClN3O2/c1-14(13-25)22-20(26)18-12-24(11-15-5-3-2-4-6-15)23-19(18)16-7-9-17(21)10-8-16/h2-10,12,14,25H,11,13H2,1H3,(H,22,26). The number of aliphatic hydroxyl groups is 1. The third-order valence-electron chi connectivity index (χ3n) is 3.96. The van der Waals surface area contributed by atoms with Crippen LogP contribution in [0.3, 0.4) is 0 Å². The number of benzene rings is 2. The number of halogens is 1. The summed E-state index contributed by atoms with van der Waals surface area (Å²) in [6.07, 6.45) is 1.73. The molecule has 0 fully saturated rings. The van der Waals surface area contributed by atoms with E-state index in [0.717, 1.165) is 11.1 Å². The highest BCUT2D eigenvalue weighted by Gasteiger charge is 2.19. The minimum atomic E-state index is -0.335. The van der Waals surface area contributed by atoms with Crippen LogP contribution in [0.4, 0.5) is 0 Å². The van der Waals surface area contributed by atoms with Crippen molar-refractivity contribution in [3.8, 4) is 11.3 Å². The molecule has 1 atom stereocenters. The first-order valence-electron chi connectivity index (χ1n) is 8.36. The lowest BCUT2D eigenvalue weighted by atomic mass is 10.1. The number of rotatable bonds is 6. The summed E-state index contributed by atoms with van der Waals surface area (Å²) in [7, 11) is 0. The van der Waals surface area contributed by atoms with Crippen molar-refractivity contribution in [1.82, 2.24) is 15.1 Å². The van der Waals surface area contributed by atoms with Gasteiger partial charge in [-0.1, -0.05) is 54.1 Å². The fraction of sp³-hybridized carbons (Fsp3) is 0.200. The predicted molar refractivity (Wildman–Crippen MR) is 102 cm³/mol. The smallest absolute Gasteiger partial charge is 0.255 e. The molecule has 1 aromatic heterocycles. The summed E-state index contributed by atoms with van der Waals surface area (Å²) in [6, 6.07) is 16.8. The van der Waals surface area contributed by atoms with E-state index in [1.165, 1.54) is 0 Å². The minimum Gasteiger partial charge on any atom is -0.394 e. The Labute approximate surface area is 157 Å². The van der Waals surface area contributed by atoms with E-state index in [4.69, 9.17) is 11.6 Å². The number of carbonyl (C=O) groups excluding carboxylic acids is 1. The molecule has 6 heteroatoms. The third kappa shape index (κ3) is 4.31. The number of hydrogen-bond acceptors (Lipinski definition) is 3. The average molecular weight is 370 g/mol. The molecule has 0 saturated carbocycles. The quantitative estimate of drug-likeness (QED) is 0.700. The number of nitrogens with one attached hydrogen (secondary N) is 1. The monoisotopic (exact) mass is 369 g/mol. The summed E-state index contributed by atoms with van der Waals surface area (Å²) in [5.74, 6) is -0.268. The van der Waals surface area contributed by atoms with E-state index in [-0.39, 0.29) is 18.6 Å².